The first-order valence-corrected chi connectivity index (χ1v) is 8.79. The maximum absolute atomic E-state index is 12.0. The first-order chi connectivity index (χ1) is 12.5. The minimum Gasteiger partial charge on any atom is -0.435 e. The van der Waals surface area contributed by atoms with Gasteiger partial charge in [0.15, 0.2) is 6.10 Å². The molecule has 1 aromatic rings. The molecule has 3 rings (SSSR count). The van der Waals surface area contributed by atoms with Crippen molar-refractivity contribution < 1.29 is 43.7 Å². The largest absolute Gasteiger partial charge is 0.528 e. The fourth-order valence-electron chi connectivity index (χ4n) is 2.86. The third-order valence-corrected chi connectivity index (χ3v) is 4.56. The third kappa shape index (κ3) is 3.15. The summed E-state index contributed by atoms with van der Waals surface area (Å²) in [6.07, 6.45) is -7.76. The zero-order chi connectivity index (χ0) is 20.1. The monoisotopic (exact) mass is 408 g/mol. The molecule has 5 atom stereocenters. The van der Waals surface area contributed by atoms with Crippen LogP contribution in [-0.2, 0) is 13.8 Å². The first kappa shape index (κ1) is 19.5. The lowest BCUT2D eigenvalue weighted by molar-refractivity contribution is -0.0594. The number of anilines is 1. The molecule has 0 saturated carbocycles. The lowest BCUT2D eigenvalue weighted by Gasteiger charge is -2.30. The van der Waals surface area contributed by atoms with Crippen LogP contribution in [0.25, 0.3) is 0 Å². The molecule has 0 aliphatic carbocycles. The lowest BCUT2D eigenvalue weighted by atomic mass is 10.1. The van der Waals surface area contributed by atoms with E-state index in [0.717, 1.165) is 6.34 Å². The molecule has 1 unspecified atom stereocenters. The summed E-state index contributed by atoms with van der Waals surface area (Å²) in [4.78, 5) is 51.1. The Kier molecular flexibility index (Phi) is 4.65. The number of aromatic amines is 1. The molecular weight excluding hydrogens is 393 g/mol. The van der Waals surface area contributed by atoms with E-state index in [-0.39, 0.29) is 5.69 Å². The fourth-order valence-corrected chi connectivity index (χ4v) is 3.20. The number of carboxylic acid groups (broad SMARTS) is 1. The number of nitrogens with two attached hydrogens (primary N) is 1. The Morgan fingerprint density at radius 2 is 2.07 bits per heavy atom. The van der Waals surface area contributed by atoms with Crippen molar-refractivity contribution in [3.63, 3.8) is 0 Å². The fraction of sp³-hybridized carbons (Fsp3) is 0.455. The molecule has 0 aromatic carbocycles. The van der Waals surface area contributed by atoms with Gasteiger partial charge in [0.2, 0.25) is 24.2 Å². The quantitative estimate of drug-likeness (QED) is 0.203. The average Bonchev–Trinajstić information content (AvgIpc) is 3.05. The Morgan fingerprint density at radius 1 is 1.41 bits per heavy atom. The number of fused-ring (bicyclic) bond motifs is 1. The molecule has 1 fully saturated rings. The number of nitrogen functional groups attached to an aromatic ring is 1. The lowest BCUT2D eigenvalue weighted by Crippen LogP contribution is -2.63. The molecule has 0 spiro atoms. The number of H-pyrrole nitrogens is 1. The molecule has 16 heteroatoms. The molecule has 1 amide bonds. The van der Waals surface area contributed by atoms with Gasteiger partial charge in [-0.3, -0.25) is 14.3 Å². The number of amides is 1. The van der Waals surface area contributed by atoms with Crippen LogP contribution in [0.5, 0.6) is 0 Å². The maximum Gasteiger partial charge on any atom is 0.528 e. The number of quaternary nitrogens is 1. The maximum atomic E-state index is 12.0. The van der Waals surface area contributed by atoms with Crippen molar-refractivity contribution in [2.24, 2.45) is 4.99 Å². The van der Waals surface area contributed by atoms with E-state index in [4.69, 9.17) is 20.3 Å². The van der Waals surface area contributed by atoms with Crippen LogP contribution >= 0.6 is 7.82 Å². The highest BCUT2D eigenvalue weighted by Gasteiger charge is 2.62. The molecule has 1 aromatic heterocycles. The van der Waals surface area contributed by atoms with E-state index in [0.29, 0.717) is 0 Å². The van der Waals surface area contributed by atoms with Crippen LogP contribution in [-0.4, -0.2) is 78.7 Å². The Labute approximate surface area is 149 Å². The predicted molar refractivity (Wildman–Crippen MR) is 85.9 cm³/mol. The average molecular weight is 408 g/mol. The molecule has 0 radical (unpaired) electrons. The van der Waals surface area contributed by atoms with Gasteiger partial charge < -0.3 is 35.6 Å². The number of hydrogen-bond donors (Lipinski definition) is 7. The second kappa shape index (κ2) is 6.43. The second-order valence-electron chi connectivity index (χ2n) is 5.76. The zero-order valence-electron chi connectivity index (χ0n) is 13.2. The molecule has 3 heterocycles. The SMILES string of the molecule is Nc1nc2c(c(=O)[nH]1)N=C[N+]2(C(=O)O)[C@@H]1O[C@H](COP(=O)(O)O)[C@@H](O)[C@H]1O. The number of nitrogens with zero attached hydrogens (tertiary/aromatic N) is 3. The van der Waals surface area contributed by atoms with Crippen LogP contribution in [0.1, 0.15) is 0 Å². The standard InChI is InChI=1S/C11H14N5O10P/c12-10-14-7-4(8(19)15-10)13-2-16(7,11(20)21)9-6(18)5(17)3(26-9)1-25-27(22,23)24/h2-3,5-6,9,17-18H,1H2,(H5-,12,14,15,19,20,21,22,23,24)/p+1/t3-,5-,6-,9-,16?/m1/s1. The number of phosphoric acid groups is 1. The Bertz CT molecular complexity index is 913. The molecule has 2 aliphatic heterocycles. The van der Waals surface area contributed by atoms with Gasteiger partial charge in [0.05, 0.1) is 6.61 Å². The normalized spacial score (nSPS) is 32.6. The highest BCUT2D eigenvalue weighted by Crippen LogP contribution is 2.42. The zero-order valence-corrected chi connectivity index (χ0v) is 14.1. The van der Waals surface area contributed by atoms with E-state index in [1.54, 1.807) is 0 Å². The van der Waals surface area contributed by atoms with Crippen molar-refractivity contribution in [3.05, 3.63) is 10.4 Å². The van der Waals surface area contributed by atoms with Crippen molar-refractivity contribution in [1.82, 2.24) is 14.5 Å². The number of carbonyl (C=O) groups is 1. The van der Waals surface area contributed by atoms with Gasteiger partial charge in [-0.2, -0.15) is 14.8 Å². The topological polar surface area (TPSA) is 238 Å². The van der Waals surface area contributed by atoms with E-state index in [2.05, 4.69) is 19.5 Å². The highest BCUT2D eigenvalue weighted by molar-refractivity contribution is 7.46. The van der Waals surface area contributed by atoms with E-state index in [1.165, 1.54) is 0 Å². The predicted octanol–water partition coefficient (Wildman–Crippen LogP) is -2.43. The van der Waals surface area contributed by atoms with E-state index >= 15 is 0 Å². The number of aliphatic hydroxyl groups excluding tert-OH is 2. The van der Waals surface area contributed by atoms with Crippen molar-refractivity contribution in [3.8, 4) is 0 Å². The summed E-state index contributed by atoms with van der Waals surface area (Å²) in [7, 11) is -4.91. The van der Waals surface area contributed by atoms with Crippen LogP contribution < -0.4 is 15.8 Å². The number of aliphatic imine (C=N–C) groups is 1. The number of aromatic nitrogens is 2. The molecule has 8 N–H and O–H groups in total. The van der Waals surface area contributed by atoms with E-state index in [1.807, 2.05) is 0 Å². The summed E-state index contributed by atoms with van der Waals surface area (Å²) >= 11 is 0. The molecule has 1 saturated heterocycles. The van der Waals surface area contributed by atoms with Crippen LogP contribution in [0.3, 0.4) is 0 Å². The molecule has 15 nitrogen and oxygen atoms in total. The number of ether oxygens (including phenoxy) is 1. The molecule has 27 heavy (non-hydrogen) atoms. The van der Waals surface area contributed by atoms with Crippen molar-refractivity contribution in [2.75, 3.05) is 12.3 Å². The summed E-state index contributed by atoms with van der Waals surface area (Å²) < 4.78 is 18.9. The van der Waals surface area contributed by atoms with Gasteiger partial charge in [0.25, 0.3) is 11.4 Å². The summed E-state index contributed by atoms with van der Waals surface area (Å²) in [5.41, 5.74) is 4.24. The van der Waals surface area contributed by atoms with Crippen LogP contribution in [0.15, 0.2) is 9.79 Å². The van der Waals surface area contributed by atoms with Gasteiger partial charge in [-0.15, -0.1) is 4.48 Å². The van der Waals surface area contributed by atoms with Crippen molar-refractivity contribution >= 4 is 37.7 Å². The summed E-state index contributed by atoms with van der Waals surface area (Å²) in [5.74, 6) is -0.876. The highest BCUT2D eigenvalue weighted by atomic mass is 31.2. The third-order valence-electron chi connectivity index (χ3n) is 4.08. The van der Waals surface area contributed by atoms with Crippen molar-refractivity contribution in [2.45, 2.75) is 24.5 Å². The van der Waals surface area contributed by atoms with Gasteiger partial charge in [0.1, 0.15) is 12.2 Å². The van der Waals surface area contributed by atoms with Gasteiger partial charge in [-0.05, 0) is 0 Å². The van der Waals surface area contributed by atoms with Crippen molar-refractivity contribution in [1.29, 1.82) is 0 Å². The van der Waals surface area contributed by atoms with E-state index < -0.39 is 66.9 Å². The number of hydrogen-bond acceptors (Lipinski definition) is 10. The number of phosphoric ester groups is 1. The van der Waals surface area contributed by atoms with Gasteiger partial charge in [0, 0.05) is 0 Å². The van der Waals surface area contributed by atoms with Crippen LogP contribution in [0.4, 0.5) is 22.2 Å². The number of aliphatic hydroxyl groups is 2. The summed E-state index contributed by atoms with van der Waals surface area (Å²) in [6, 6.07) is 0. The Hall–Kier alpha value is -2.23. The Morgan fingerprint density at radius 3 is 2.67 bits per heavy atom. The molecule has 0 bridgehead atoms. The van der Waals surface area contributed by atoms with Crippen LogP contribution in [0.2, 0.25) is 0 Å². The van der Waals surface area contributed by atoms with Gasteiger partial charge >= 0.3 is 13.9 Å². The Balaban J connectivity index is 2.02. The van der Waals surface area contributed by atoms with E-state index in [9.17, 15) is 29.5 Å². The first-order valence-electron chi connectivity index (χ1n) is 7.26. The van der Waals surface area contributed by atoms with Gasteiger partial charge in [-0.25, -0.2) is 4.57 Å². The summed E-state index contributed by atoms with van der Waals surface area (Å²) in [5, 5.41) is 30.1. The number of nitrogens with one attached hydrogen (secondary N) is 1. The number of rotatable bonds is 4. The van der Waals surface area contributed by atoms with Crippen LogP contribution in [0, 0.1) is 0 Å². The van der Waals surface area contributed by atoms with Gasteiger partial charge in [-0.1, -0.05) is 0 Å². The minimum absolute atomic E-state index is 0.383. The molecule has 148 valence electrons. The molecular formula is C11H15N5O10P+. The smallest absolute Gasteiger partial charge is 0.435 e. The minimum atomic E-state index is -4.91. The molecule has 2 aliphatic rings. The second-order valence-corrected chi connectivity index (χ2v) is 7.00. The summed E-state index contributed by atoms with van der Waals surface area (Å²) in [6.45, 7) is -0.840.